The molecule has 0 radical (unpaired) electrons. The Balaban J connectivity index is 1.49. The minimum Gasteiger partial charge on any atom is -0.467 e. The number of aromatic nitrogens is 1. The van der Waals surface area contributed by atoms with E-state index in [0.717, 1.165) is 10.6 Å². The highest BCUT2D eigenvalue weighted by molar-refractivity contribution is 9.10. The molecule has 0 spiro atoms. The van der Waals surface area contributed by atoms with Gasteiger partial charge in [0.1, 0.15) is 11.8 Å². The quantitative estimate of drug-likeness (QED) is 0.537. The van der Waals surface area contributed by atoms with Crippen LogP contribution in [0.2, 0.25) is 0 Å². The zero-order valence-corrected chi connectivity index (χ0v) is 16.9. The normalized spacial score (nSPS) is 16.1. The summed E-state index contributed by atoms with van der Waals surface area (Å²) in [7, 11) is 0. The van der Waals surface area contributed by atoms with Gasteiger partial charge in [-0.3, -0.25) is 9.78 Å². The number of thiophene rings is 1. The molecule has 7 nitrogen and oxygen atoms in total. The lowest BCUT2D eigenvalue weighted by atomic mass is 10.1. The Hall–Kier alpha value is -2.78. The number of furan rings is 1. The Morgan fingerprint density at radius 2 is 2.21 bits per heavy atom. The fourth-order valence-electron chi connectivity index (χ4n) is 2.83. The number of pyridine rings is 1. The van der Waals surface area contributed by atoms with Gasteiger partial charge in [-0.25, -0.2) is 9.80 Å². The number of halogens is 1. The fourth-order valence-corrected chi connectivity index (χ4v) is 3.92. The summed E-state index contributed by atoms with van der Waals surface area (Å²) in [5.41, 5.74) is 1.06. The van der Waals surface area contributed by atoms with E-state index >= 15 is 0 Å². The van der Waals surface area contributed by atoms with Crippen LogP contribution in [0.15, 0.2) is 68.4 Å². The SMILES string of the molecule is O=C(OCC(=O)N1N=C(c2cccs2)CC1c1ccco1)c1cncc(Br)c1. The molecule has 28 heavy (non-hydrogen) atoms. The zero-order chi connectivity index (χ0) is 19.5. The molecule has 0 fully saturated rings. The molecule has 3 aromatic heterocycles. The van der Waals surface area contributed by atoms with Crippen molar-refractivity contribution in [2.24, 2.45) is 5.10 Å². The molecule has 0 saturated carbocycles. The largest absolute Gasteiger partial charge is 0.467 e. The molecule has 4 heterocycles. The van der Waals surface area contributed by atoms with Gasteiger partial charge < -0.3 is 9.15 Å². The van der Waals surface area contributed by atoms with Gasteiger partial charge in [-0.05, 0) is 45.6 Å². The average molecular weight is 460 g/mol. The van der Waals surface area contributed by atoms with E-state index < -0.39 is 18.5 Å². The summed E-state index contributed by atoms with van der Waals surface area (Å²) >= 11 is 4.80. The van der Waals surface area contributed by atoms with E-state index in [1.54, 1.807) is 42.0 Å². The van der Waals surface area contributed by atoms with Gasteiger partial charge in [-0.2, -0.15) is 5.10 Å². The molecule has 1 aliphatic heterocycles. The van der Waals surface area contributed by atoms with Gasteiger partial charge in [0.15, 0.2) is 6.61 Å². The van der Waals surface area contributed by atoms with Crippen LogP contribution in [0.1, 0.15) is 33.5 Å². The summed E-state index contributed by atoms with van der Waals surface area (Å²) in [5.74, 6) is -0.422. The smallest absolute Gasteiger partial charge is 0.340 e. The van der Waals surface area contributed by atoms with Crippen LogP contribution in [-0.2, 0) is 9.53 Å². The second-order valence-corrected chi connectivity index (χ2v) is 7.83. The van der Waals surface area contributed by atoms with Crippen molar-refractivity contribution >= 4 is 44.9 Å². The molecule has 9 heteroatoms. The third-order valence-electron chi connectivity index (χ3n) is 4.11. The second kappa shape index (κ2) is 8.07. The molecule has 0 saturated heterocycles. The molecule has 0 aliphatic carbocycles. The van der Waals surface area contributed by atoms with Crippen LogP contribution in [0.4, 0.5) is 0 Å². The lowest BCUT2D eigenvalue weighted by Gasteiger charge is -2.19. The lowest BCUT2D eigenvalue weighted by Crippen LogP contribution is -2.31. The van der Waals surface area contributed by atoms with Crippen molar-refractivity contribution in [3.8, 4) is 0 Å². The van der Waals surface area contributed by atoms with Gasteiger partial charge >= 0.3 is 5.97 Å². The van der Waals surface area contributed by atoms with Crippen molar-refractivity contribution in [3.05, 3.63) is 75.0 Å². The number of carbonyl (C=O) groups excluding carboxylic acids is 2. The van der Waals surface area contributed by atoms with Crippen molar-refractivity contribution in [1.29, 1.82) is 0 Å². The standard InChI is InChI=1S/C19H14BrN3O4S/c20-13-7-12(9-21-10-13)19(25)27-11-18(24)23-15(16-3-1-5-26-16)8-14(22-23)17-4-2-6-28-17/h1-7,9-10,15H,8,11H2. The molecule has 1 atom stereocenters. The van der Waals surface area contributed by atoms with Gasteiger partial charge in [0.25, 0.3) is 5.91 Å². The van der Waals surface area contributed by atoms with Crippen molar-refractivity contribution in [2.45, 2.75) is 12.5 Å². The molecule has 142 valence electrons. The van der Waals surface area contributed by atoms with E-state index in [1.165, 1.54) is 11.2 Å². The Morgan fingerprint density at radius 1 is 1.32 bits per heavy atom. The third-order valence-corrected chi connectivity index (χ3v) is 5.46. The minimum absolute atomic E-state index is 0.258. The average Bonchev–Trinajstić information content (AvgIpc) is 3.46. The van der Waals surface area contributed by atoms with Crippen LogP contribution in [0.3, 0.4) is 0 Å². The summed E-state index contributed by atoms with van der Waals surface area (Å²) in [4.78, 5) is 29.8. The van der Waals surface area contributed by atoms with Crippen molar-refractivity contribution in [2.75, 3.05) is 6.61 Å². The first-order chi connectivity index (χ1) is 13.6. The number of hydrazone groups is 1. The van der Waals surface area contributed by atoms with Crippen LogP contribution in [0, 0.1) is 0 Å². The Morgan fingerprint density at radius 3 is 2.93 bits per heavy atom. The second-order valence-electron chi connectivity index (χ2n) is 5.97. The summed E-state index contributed by atoms with van der Waals surface area (Å²) in [6, 6.07) is 8.66. The Kier molecular flexibility index (Phi) is 5.36. The summed E-state index contributed by atoms with van der Waals surface area (Å²) in [5, 5.41) is 7.76. The monoisotopic (exact) mass is 459 g/mol. The number of nitrogens with zero attached hydrogens (tertiary/aromatic N) is 3. The van der Waals surface area contributed by atoms with E-state index in [0.29, 0.717) is 16.7 Å². The van der Waals surface area contributed by atoms with Crippen LogP contribution in [0.5, 0.6) is 0 Å². The van der Waals surface area contributed by atoms with E-state index in [2.05, 4.69) is 26.0 Å². The molecule has 3 aromatic rings. The highest BCUT2D eigenvalue weighted by Crippen LogP contribution is 2.34. The molecule has 0 aromatic carbocycles. The molecule has 0 bridgehead atoms. The Bertz CT molecular complexity index is 1020. The molecule has 1 aliphatic rings. The van der Waals surface area contributed by atoms with Gasteiger partial charge in [0, 0.05) is 23.3 Å². The van der Waals surface area contributed by atoms with Crippen LogP contribution >= 0.6 is 27.3 Å². The summed E-state index contributed by atoms with van der Waals surface area (Å²) in [6.07, 6.45) is 5.03. The number of amides is 1. The third kappa shape index (κ3) is 3.90. The zero-order valence-electron chi connectivity index (χ0n) is 14.4. The first kappa shape index (κ1) is 18.6. The fraction of sp³-hybridized carbons (Fsp3) is 0.158. The first-order valence-electron chi connectivity index (χ1n) is 8.36. The van der Waals surface area contributed by atoms with E-state index in [-0.39, 0.29) is 11.6 Å². The highest BCUT2D eigenvalue weighted by Gasteiger charge is 2.35. The van der Waals surface area contributed by atoms with E-state index in [4.69, 9.17) is 9.15 Å². The summed E-state index contributed by atoms with van der Waals surface area (Å²) < 4.78 is 11.3. The molecule has 4 rings (SSSR count). The van der Waals surface area contributed by atoms with Crippen LogP contribution < -0.4 is 0 Å². The van der Waals surface area contributed by atoms with E-state index in [9.17, 15) is 9.59 Å². The topological polar surface area (TPSA) is 85.0 Å². The maximum absolute atomic E-state index is 12.7. The predicted molar refractivity (Wildman–Crippen MR) is 106 cm³/mol. The predicted octanol–water partition coefficient (Wildman–Crippen LogP) is 4.03. The number of esters is 1. The number of carbonyl (C=O) groups is 2. The van der Waals surface area contributed by atoms with Gasteiger partial charge in [0.2, 0.25) is 0 Å². The number of hydrogen-bond acceptors (Lipinski definition) is 7. The highest BCUT2D eigenvalue weighted by atomic mass is 79.9. The van der Waals surface area contributed by atoms with Crippen molar-refractivity contribution in [3.63, 3.8) is 0 Å². The van der Waals surface area contributed by atoms with E-state index in [1.807, 2.05) is 17.5 Å². The van der Waals surface area contributed by atoms with Crippen molar-refractivity contribution < 1.29 is 18.7 Å². The van der Waals surface area contributed by atoms with Crippen molar-refractivity contribution in [1.82, 2.24) is 9.99 Å². The van der Waals surface area contributed by atoms with Crippen LogP contribution in [-0.4, -0.2) is 34.2 Å². The first-order valence-corrected chi connectivity index (χ1v) is 10.0. The Labute approximate surface area is 172 Å². The summed E-state index contributed by atoms with van der Waals surface area (Å²) in [6.45, 7) is -0.427. The molecule has 0 N–H and O–H groups in total. The maximum atomic E-state index is 12.7. The van der Waals surface area contributed by atoms with Gasteiger partial charge in [-0.15, -0.1) is 11.3 Å². The molecular weight excluding hydrogens is 446 g/mol. The minimum atomic E-state index is -0.627. The molecular formula is C19H14BrN3O4S. The number of ether oxygens (including phenoxy) is 1. The van der Waals surface area contributed by atoms with Gasteiger partial charge in [-0.1, -0.05) is 6.07 Å². The van der Waals surface area contributed by atoms with Crippen LogP contribution in [0.25, 0.3) is 0 Å². The lowest BCUT2D eigenvalue weighted by molar-refractivity contribution is -0.136. The number of rotatable bonds is 5. The maximum Gasteiger partial charge on any atom is 0.340 e. The number of hydrogen-bond donors (Lipinski definition) is 0. The molecule has 1 unspecified atom stereocenters. The van der Waals surface area contributed by atoms with Gasteiger partial charge in [0.05, 0.1) is 22.4 Å². The molecule has 1 amide bonds.